The minimum atomic E-state index is 0. The molecule has 0 rings (SSSR count). The first kappa shape index (κ1) is 25.2. The van der Waals surface area contributed by atoms with Crippen molar-refractivity contribution in [2.45, 2.75) is 0 Å². The fourth-order valence-electron chi connectivity index (χ4n) is 0. The summed E-state index contributed by atoms with van der Waals surface area (Å²) in [5.74, 6) is 0. The van der Waals surface area contributed by atoms with Crippen molar-refractivity contribution < 1.29 is 77.5 Å². The first-order valence-electron chi connectivity index (χ1n) is 0. The van der Waals surface area contributed by atoms with Crippen LogP contribution in [-0.4, -0.2) is 37.7 Å². The fourth-order valence-corrected chi connectivity index (χ4v) is 0. The van der Waals surface area contributed by atoms with E-state index in [1.807, 2.05) is 0 Å². The summed E-state index contributed by atoms with van der Waals surface area (Å²) in [5.41, 5.74) is 0. The van der Waals surface area contributed by atoms with Crippen LogP contribution < -0.4 is 77.5 Å². The van der Waals surface area contributed by atoms with Gasteiger partial charge in [0.2, 0.25) is 0 Å². The second-order valence-electron chi connectivity index (χ2n) is 0. The van der Waals surface area contributed by atoms with Gasteiger partial charge in [0.1, 0.15) is 0 Å². The van der Waals surface area contributed by atoms with Crippen molar-refractivity contribution in [1.82, 2.24) is 0 Å². The molecule has 0 fully saturated rings. The molecule has 0 amide bonds. The molecule has 0 saturated heterocycles. The minimum absolute atomic E-state index is 0. The van der Waals surface area contributed by atoms with E-state index in [1.54, 1.807) is 0 Å². The zero-order valence-electron chi connectivity index (χ0n) is 2.46. The molecule has 0 bridgehead atoms. The van der Waals surface area contributed by atoms with Gasteiger partial charge in [-0.25, -0.2) is 0 Å². The molecule has 16 valence electrons. The van der Waals surface area contributed by atoms with Crippen molar-refractivity contribution in [3.8, 4) is 0 Å². The maximum Gasteiger partial charge on any atom is 2.00 e. The van der Waals surface area contributed by atoms with Gasteiger partial charge < -0.3 is 48.0 Å². The number of halogens is 2. The summed E-state index contributed by atoms with van der Waals surface area (Å²) in [5, 5.41) is 0. The maximum absolute atomic E-state index is 0. The molecule has 0 aliphatic carbocycles. The van der Waals surface area contributed by atoms with Gasteiger partial charge in [-0.05, 0) is 0 Å². The fraction of sp³-hybridized carbons (Fsp3) is 0. The zero-order valence-corrected chi connectivity index (χ0v) is 11.0. The molecule has 0 aromatic rings. The number of hydrogen-bond donors (Lipinski definition) is 0. The minimum Gasteiger partial charge on any atom is -1.00 e. The molecule has 4 heteroatoms. The quantitative estimate of drug-likeness (QED) is 0.308. The summed E-state index contributed by atoms with van der Waals surface area (Å²) in [6.07, 6.45) is 0. The van der Waals surface area contributed by atoms with Crippen molar-refractivity contribution in [2.75, 3.05) is 0 Å². The summed E-state index contributed by atoms with van der Waals surface area (Å²) >= 11 is 0. The van der Waals surface area contributed by atoms with Gasteiger partial charge in [0.05, 0.1) is 0 Å². The molecule has 0 spiro atoms. The molecule has 4 heavy (non-hydrogen) atoms. The van der Waals surface area contributed by atoms with E-state index < -0.39 is 0 Å². The third-order valence-electron chi connectivity index (χ3n) is 0. The van der Waals surface area contributed by atoms with Crippen molar-refractivity contribution in [1.29, 1.82) is 0 Å². The first-order valence-corrected chi connectivity index (χ1v) is 0. The molecule has 0 aliphatic heterocycles. The van der Waals surface area contributed by atoms with Crippen LogP contribution in [0.3, 0.4) is 0 Å². The number of hydrogen-bond acceptors (Lipinski definition) is 0. The third kappa shape index (κ3) is 9.21. The predicted octanol–water partition coefficient (Wildman–Crippen LogP) is -9.37. The molecule has 0 nitrogen and oxygen atoms in total. The van der Waals surface area contributed by atoms with Gasteiger partial charge in [0.15, 0.2) is 0 Å². The Balaban J connectivity index is 0. The molecule has 0 heterocycles. The van der Waals surface area contributed by atoms with Crippen LogP contribution in [0.4, 0.5) is 0 Å². The van der Waals surface area contributed by atoms with Crippen LogP contribution in [-0.2, 0) is 0 Å². The largest absolute Gasteiger partial charge is 2.00 e. The normalized spacial score (nSPS) is 0. The Kier molecular flexibility index (Phi) is 100. The van der Waals surface area contributed by atoms with E-state index in [9.17, 15) is 0 Å². The third-order valence-corrected chi connectivity index (χ3v) is 0. The molecule has 0 unspecified atom stereocenters. The van der Waals surface area contributed by atoms with E-state index in [1.165, 1.54) is 0 Å². The van der Waals surface area contributed by atoms with Gasteiger partial charge >= 0.3 is 67.3 Å². The Morgan fingerprint density at radius 1 is 0.750 bits per heavy atom. The van der Waals surface area contributed by atoms with Crippen molar-refractivity contribution in [2.24, 2.45) is 0 Å². The zero-order chi connectivity index (χ0) is 0. The second-order valence-corrected chi connectivity index (χ2v) is 0. The predicted molar refractivity (Wildman–Crippen MR) is 5.75 cm³/mol. The molecule has 0 radical (unpaired) electrons. The van der Waals surface area contributed by atoms with E-state index in [2.05, 4.69) is 0 Å². The van der Waals surface area contributed by atoms with Gasteiger partial charge in [-0.1, -0.05) is 0 Å². The number of rotatable bonds is 0. The molecule has 0 atom stereocenters. The maximum atomic E-state index is 0. The smallest absolute Gasteiger partial charge is 1.00 e. The molecular weight excluding hydrogens is 317 g/mol. The summed E-state index contributed by atoms with van der Waals surface area (Å²) in [4.78, 5) is 0. The molecule has 0 aromatic carbocycles. The van der Waals surface area contributed by atoms with Crippen molar-refractivity contribution in [3.63, 3.8) is 0 Å². The Labute approximate surface area is 112 Å². The summed E-state index contributed by atoms with van der Waals surface area (Å²) in [6, 6.07) is 0. The Morgan fingerprint density at radius 3 is 0.750 bits per heavy atom. The molecule has 0 aromatic heterocycles. The van der Waals surface area contributed by atoms with Crippen LogP contribution in [0.5, 0.6) is 0 Å². The summed E-state index contributed by atoms with van der Waals surface area (Å²) in [6.45, 7) is 0. The standard InChI is InChI=1S/Ca.2HI.Na/h;2*1H;/q+2;;;+1/p-2. The molecule has 0 saturated carbocycles. The van der Waals surface area contributed by atoms with Crippen LogP contribution in [0.1, 0.15) is 0 Å². The van der Waals surface area contributed by atoms with Gasteiger partial charge in [-0.2, -0.15) is 0 Å². The van der Waals surface area contributed by atoms with Crippen LogP contribution in [0.15, 0.2) is 0 Å². The van der Waals surface area contributed by atoms with Crippen LogP contribution >= 0.6 is 0 Å². The Hall–Kier alpha value is 3.72. The Morgan fingerprint density at radius 2 is 0.750 bits per heavy atom. The average molecular weight is 317 g/mol. The van der Waals surface area contributed by atoms with Crippen LogP contribution in [0, 0.1) is 0 Å². The SMILES string of the molecule is [Ca+2].[I-].[I-].[Na+]. The van der Waals surface area contributed by atoms with Gasteiger partial charge in [-0.3, -0.25) is 0 Å². The topological polar surface area (TPSA) is 0 Å². The molecule has 0 N–H and O–H groups in total. The van der Waals surface area contributed by atoms with Gasteiger partial charge in [0.25, 0.3) is 0 Å². The van der Waals surface area contributed by atoms with Gasteiger partial charge in [-0.15, -0.1) is 0 Å². The van der Waals surface area contributed by atoms with Crippen molar-refractivity contribution in [3.05, 3.63) is 0 Å². The summed E-state index contributed by atoms with van der Waals surface area (Å²) in [7, 11) is 0. The van der Waals surface area contributed by atoms with E-state index in [-0.39, 0.29) is 115 Å². The van der Waals surface area contributed by atoms with E-state index >= 15 is 0 Å². The Bertz CT molecular complexity index is 6.00. The second kappa shape index (κ2) is 15.9. The molecule has 0 aliphatic rings. The van der Waals surface area contributed by atoms with E-state index in [0.29, 0.717) is 0 Å². The van der Waals surface area contributed by atoms with E-state index in [4.69, 9.17) is 0 Å². The monoisotopic (exact) mass is 317 g/mol. The summed E-state index contributed by atoms with van der Waals surface area (Å²) < 4.78 is 0. The first-order chi connectivity index (χ1) is 0. The van der Waals surface area contributed by atoms with Crippen LogP contribution in [0.2, 0.25) is 0 Å². The average Bonchev–Trinajstić information content (AvgIpc) is 0. The van der Waals surface area contributed by atoms with Gasteiger partial charge in [0, 0.05) is 0 Å². The van der Waals surface area contributed by atoms with E-state index in [0.717, 1.165) is 0 Å². The molecular formula is CaI2Na+. The van der Waals surface area contributed by atoms with Crippen LogP contribution in [0.25, 0.3) is 0 Å². The van der Waals surface area contributed by atoms with Crippen molar-refractivity contribution >= 4 is 37.7 Å².